The van der Waals surface area contributed by atoms with Crippen LogP contribution in [0.5, 0.6) is 0 Å². The first-order valence-electron chi connectivity index (χ1n) is 6.52. The van der Waals surface area contributed by atoms with Gasteiger partial charge in [0.25, 0.3) is 0 Å². The van der Waals surface area contributed by atoms with E-state index in [2.05, 4.69) is 10.6 Å². The molecule has 0 aliphatic heterocycles. The lowest BCUT2D eigenvalue weighted by Crippen LogP contribution is -2.43. The van der Waals surface area contributed by atoms with Gasteiger partial charge in [0, 0.05) is 6.42 Å². The van der Waals surface area contributed by atoms with Crippen molar-refractivity contribution in [2.75, 3.05) is 6.54 Å². The summed E-state index contributed by atoms with van der Waals surface area (Å²) in [5.74, 6) is -3.27. The molecule has 0 aromatic rings. The maximum atomic E-state index is 11.4. The molecule has 9 heteroatoms. The highest BCUT2D eigenvalue weighted by Gasteiger charge is 2.19. The van der Waals surface area contributed by atoms with E-state index < -0.39 is 35.8 Å². The number of aliphatic carboxylic acids is 2. The summed E-state index contributed by atoms with van der Waals surface area (Å²) in [5.41, 5.74) is 5.08. The lowest BCUT2D eigenvalue weighted by Gasteiger charge is -2.14. The number of unbranched alkanes of at least 4 members (excludes halogenated alkanes) is 1. The molecule has 0 spiro atoms. The van der Waals surface area contributed by atoms with Crippen molar-refractivity contribution < 1.29 is 29.4 Å². The molecular formula is C12H21N3O6. The number of hydrogen-bond donors (Lipinski definition) is 5. The van der Waals surface area contributed by atoms with Gasteiger partial charge in [-0.2, -0.15) is 0 Å². The summed E-state index contributed by atoms with van der Waals surface area (Å²) in [6.07, 6.45) is 1.05. The van der Waals surface area contributed by atoms with Gasteiger partial charge in [-0.3, -0.25) is 14.4 Å². The largest absolute Gasteiger partial charge is 0.480 e. The molecule has 120 valence electrons. The number of carbonyl (C=O) groups is 4. The van der Waals surface area contributed by atoms with E-state index in [0.717, 1.165) is 0 Å². The minimum Gasteiger partial charge on any atom is -0.480 e. The third-order valence-electron chi connectivity index (χ3n) is 2.71. The summed E-state index contributed by atoms with van der Waals surface area (Å²) < 4.78 is 0. The zero-order valence-electron chi connectivity index (χ0n) is 11.8. The number of rotatable bonds is 10. The Morgan fingerprint density at radius 1 is 1.00 bits per heavy atom. The SMILES string of the molecule is C[C@@H](NC(=O)CCCC[C@H](NC(=O)CN)C(=O)O)C(=O)O. The molecular weight excluding hydrogens is 282 g/mol. The number of carboxylic acid groups (broad SMARTS) is 2. The highest BCUT2D eigenvalue weighted by atomic mass is 16.4. The lowest BCUT2D eigenvalue weighted by molar-refractivity contribution is -0.142. The van der Waals surface area contributed by atoms with E-state index in [1.807, 2.05) is 0 Å². The average Bonchev–Trinajstić information content (AvgIpc) is 2.41. The Morgan fingerprint density at radius 3 is 2.10 bits per heavy atom. The van der Waals surface area contributed by atoms with Crippen LogP contribution in [0, 0.1) is 0 Å². The zero-order valence-corrected chi connectivity index (χ0v) is 11.8. The van der Waals surface area contributed by atoms with Gasteiger partial charge in [-0.15, -0.1) is 0 Å². The predicted molar refractivity (Wildman–Crippen MR) is 72.3 cm³/mol. The number of hydrogen-bond acceptors (Lipinski definition) is 5. The van der Waals surface area contributed by atoms with Crippen molar-refractivity contribution in [1.29, 1.82) is 0 Å². The van der Waals surface area contributed by atoms with Gasteiger partial charge in [0.2, 0.25) is 11.8 Å². The highest BCUT2D eigenvalue weighted by Crippen LogP contribution is 2.04. The van der Waals surface area contributed by atoms with Crippen molar-refractivity contribution in [3.05, 3.63) is 0 Å². The molecule has 9 nitrogen and oxygen atoms in total. The van der Waals surface area contributed by atoms with Crippen molar-refractivity contribution in [2.24, 2.45) is 5.73 Å². The van der Waals surface area contributed by atoms with E-state index in [9.17, 15) is 19.2 Å². The van der Waals surface area contributed by atoms with Crippen molar-refractivity contribution in [2.45, 2.75) is 44.7 Å². The van der Waals surface area contributed by atoms with Gasteiger partial charge < -0.3 is 26.6 Å². The Hall–Kier alpha value is -2.16. The molecule has 0 aliphatic carbocycles. The third kappa shape index (κ3) is 8.58. The summed E-state index contributed by atoms with van der Waals surface area (Å²) in [7, 11) is 0. The maximum Gasteiger partial charge on any atom is 0.326 e. The first-order chi connectivity index (χ1) is 9.77. The third-order valence-corrected chi connectivity index (χ3v) is 2.71. The van der Waals surface area contributed by atoms with E-state index in [1.54, 1.807) is 0 Å². The Balaban J connectivity index is 4.00. The van der Waals surface area contributed by atoms with E-state index in [4.69, 9.17) is 15.9 Å². The molecule has 2 atom stereocenters. The molecule has 21 heavy (non-hydrogen) atoms. The first kappa shape index (κ1) is 18.8. The van der Waals surface area contributed by atoms with Gasteiger partial charge in [-0.05, 0) is 19.8 Å². The molecule has 0 heterocycles. The predicted octanol–water partition coefficient (Wildman–Crippen LogP) is -1.34. The normalized spacial score (nSPS) is 13.0. The van der Waals surface area contributed by atoms with Gasteiger partial charge in [-0.1, -0.05) is 6.42 Å². The van der Waals surface area contributed by atoms with Crippen molar-refractivity contribution >= 4 is 23.8 Å². The Kier molecular flexibility index (Phi) is 8.70. The summed E-state index contributed by atoms with van der Waals surface area (Å²) in [6, 6.07) is -2.00. The Morgan fingerprint density at radius 2 is 1.62 bits per heavy atom. The fourth-order valence-corrected chi connectivity index (χ4v) is 1.52. The molecule has 0 radical (unpaired) electrons. The summed E-state index contributed by atoms with van der Waals surface area (Å²) in [6.45, 7) is 1.06. The topological polar surface area (TPSA) is 159 Å². The van der Waals surface area contributed by atoms with Crippen LogP contribution in [0.2, 0.25) is 0 Å². The molecule has 2 amide bonds. The van der Waals surface area contributed by atoms with Crippen LogP contribution < -0.4 is 16.4 Å². The number of carboxylic acids is 2. The lowest BCUT2D eigenvalue weighted by atomic mass is 10.1. The van der Waals surface area contributed by atoms with Crippen molar-refractivity contribution in [3.63, 3.8) is 0 Å². The molecule has 6 N–H and O–H groups in total. The molecule has 0 aliphatic rings. The van der Waals surface area contributed by atoms with Crippen LogP contribution in [0.3, 0.4) is 0 Å². The summed E-state index contributed by atoms with van der Waals surface area (Å²) in [5, 5.41) is 22.1. The number of nitrogens with two attached hydrogens (primary N) is 1. The van der Waals surface area contributed by atoms with Crippen LogP contribution in [0.4, 0.5) is 0 Å². The van der Waals surface area contributed by atoms with Gasteiger partial charge in [-0.25, -0.2) is 4.79 Å². The van der Waals surface area contributed by atoms with Gasteiger partial charge in [0.15, 0.2) is 0 Å². The van der Waals surface area contributed by atoms with E-state index in [-0.39, 0.29) is 19.4 Å². The molecule has 0 unspecified atom stereocenters. The zero-order chi connectivity index (χ0) is 16.4. The molecule has 0 fully saturated rings. The number of amides is 2. The Bertz CT molecular complexity index is 398. The van der Waals surface area contributed by atoms with Crippen LogP contribution in [0.25, 0.3) is 0 Å². The van der Waals surface area contributed by atoms with Gasteiger partial charge >= 0.3 is 11.9 Å². The molecule has 0 saturated carbocycles. The van der Waals surface area contributed by atoms with Crippen LogP contribution in [-0.4, -0.2) is 52.6 Å². The fourth-order valence-electron chi connectivity index (χ4n) is 1.52. The summed E-state index contributed by atoms with van der Waals surface area (Å²) in [4.78, 5) is 43.8. The van der Waals surface area contributed by atoms with Crippen LogP contribution in [-0.2, 0) is 19.2 Å². The minimum atomic E-state index is -1.17. The second-order valence-electron chi connectivity index (χ2n) is 4.54. The highest BCUT2D eigenvalue weighted by molar-refractivity contribution is 5.84. The summed E-state index contributed by atoms with van der Waals surface area (Å²) >= 11 is 0. The molecule has 0 saturated heterocycles. The first-order valence-corrected chi connectivity index (χ1v) is 6.52. The quantitative estimate of drug-likeness (QED) is 0.312. The average molecular weight is 303 g/mol. The van der Waals surface area contributed by atoms with Crippen LogP contribution in [0.1, 0.15) is 32.6 Å². The molecule has 0 aromatic carbocycles. The molecule has 0 bridgehead atoms. The smallest absolute Gasteiger partial charge is 0.326 e. The van der Waals surface area contributed by atoms with E-state index in [0.29, 0.717) is 12.8 Å². The number of carbonyl (C=O) groups excluding carboxylic acids is 2. The van der Waals surface area contributed by atoms with E-state index >= 15 is 0 Å². The second-order valence-corrected chi connectivity index (χ2v) is 4.54. The minimum absolute atomic E-state index is 0.0921. The monoisotopic (exact) mass is 303 g/mol. The van der Waals surface area contributed by atoms with E-state index in [1.165, 1.54) is 6.92 Å². The van der Waals surface area contributed by atoms with Crippen LogP contribution in [0.15, 0.2) is 0 Å². The van der Waals surface area contributed by atoms with Gasteiger partial charge in [0.05, 0.1) is 6.54 Å². The second kappa shape index (κ2) is 9.70. The maximum absolute atomic E-state index is 11.4. The van der Waals surface area contributed by atoms with Gasteiger partial charge in [0.1, 0.15) is 12.1 Å². The van der Waals surface area contributed by atoms with Crippen molar-refractivity contribution in [1.82, 2.24) is 10.6 Å². The molecule has 0 aromatic heterocycles. The fraction of sp³-hybridized carbons (Fsp3) is 0.667. The van der Waals surface area contributed by atoms with Crippen molar-refractivity contribution in [3.8, 4) is 0 Å². The molecule has 0 rings (SSSR count). The Labute approximate surface area is 121 Å². The van der Waals surface area contributed by atoms with Crippen LogP contribution >= 0.6 is 0 Å². The standard InChI is InChI=1S/C12H21N3O6/c1-7(11(18)19)14-9(16)5-3-2-4-8(12(20)21)15-10(17)6-13/h7-8H,2-6,13H2,1H3,(H,14,16)(H,15,17)(H,18,19)(H,20,21)/t7-,8+/m1/s1. The number of nitrogens with one attached hydrogen (secondary N) is 2.